The van der Waals surface area contributed by atoms with Gasteiger partial charge in [-0.1, -0.05) is 51.1 Å². The molecule has 3 aromatic rings. The van der Waals surface area contributed by atoms with Gasteiger partial charge in [-0.05, 0) is 43.3 Å². The highest BCUT2D eigenvalue weighted by Crippen LogP contribution is 2.29. The van der Waals surface area contributed by atoms with Gasteiger partial charge in [0, 0.05) is 42.1 Å². The van der Waals surface area contributed by atoms with E-state index in [0.717, 1.165) is 12.2 Å². The first-order chi connectivity index (χ1) is 18.6. The smallest absolute Gasteiger partial charge is 0.321 e. The van der Waals surface area contributed by atoms with Crippen LogP contribution >= 0.6 is 0 Å². The number of anilines is 3. The van der Waals surface area contributed by atoms with Crippen molar-refractivity contribution in [2.24, 2.45) is 10.4 Å². The zero-order valence-electron chi connectivity index (χ0n) is 22.9. The molecule has 0 aliphatic carbocycles. The molecular formula is C30H34N6O3. The van der Waals surface area contributed by atoms with E-state index in [0.29, 0.717) is 28.3 Å². The van der Waals surface area contributed by atoms with E-state index in [-0.39, 0.29) is 12.3 Å². The summed E-state index contributed by atoms with van der Waals surface area (Å²) in [5.41, 5.74) is 3.02. The minimum Gasteiger partial charge on any atom is -0.375 e. The highest BCUT2D eigenvalue weighted by Gasteiger charge is 2.36. The minimum absolute atomic E-state index is 0.119. The van der Waals surface area contributed by atoms with Gasteiger partial charge < -0.3 is 20.4 Å². The summed E-state index contributed by atoms with van der Waals surface area (Å²) in [6, 6.07) is 19.5. The van der Waals surface area contributed by atoms with Gasteiger partial charge in [-0.25, -0.2) is 9.79 Å². The number of benzodiazepines with no additional fused rings is 1. The number of nitrogens with one attached hydrogen (secondary N) is 2. The van der Waals surface area contributed by atoms with Gasteiger partial charge >= 0.3 is 6.03 Å². The Labute approximate surface area is 229 Å². The van der Waals surface area contributed by atoms with Crippen LogP contribution in [0.2, 0.25) is 0 Å². The summed E-state index contributed by atoms with van der Waals surface area (Å²) in [6.45, 7) is 8.12. The Morgan fingerprint density at radius 1 is 1.03 bits per heavy atom. The first kappa shape index (κ1) is 27.5. The van der Waals surface area contributed by atoms with Crippen molar-refractivity contribution >= 4 is 40.5 Å². The van der Waals surface area contributed by atoms with Crippen LogP contribution in [0, 0.1) is 5.41 Å². The van der Waals surface area contributed by atoms with Crippen LogP contribution in [0.5, 0.6) is 0 Å². The molecule has 1 aromatic heterocycles. The second-order valence-electron chi connectivity index (χ2n) is 10.4. The van der Waals surface area contributed by atoms with Crippen molar-refractivity contribution in [3.63, 3.8) is 0 Å². The van der Waals surface area contributed by atoms with E-state index in [1.807, 2.05) is 76.0 Å². The van der Waals surface area contributed by atoms with Gasteiger partial charge in [0.2, 0.25) is 6.17 Å². The van der Waals surface area contributed by atoms with E-state index in [4.69, 9.17) is 4.99 Å². The van der Waals surface area contributed by atoms with Crippen LogP contribution in [0.25, 0.3) is 0 Å². The van der Waals surface area contributed by atoms with E-state index in [2.05, 4.69) is 15.6 Å². The maximum atomic E-state index is 13.9. The number of nitrogens with zero attached hydrogens (tertiary/aromatic N) is 4. The molecule has 0 unspecified atom stereocenters. The Hall–Kier alpha value is -4.53. The number of carbonyl (C=O) groups excluding carboxylic acids is 3. The monoisotopic (exact) mass is 526 g/mol. The van der Waals surface area contributed by atoms with Crippen LogP contribution < -0.4 is 20.4 Å². The van der Waals surface area contributed by atoms with Gasteiger partial charge in [0.1, 0.15) is 0 Å². The predicted octanol–water partition coefficient (Wildman–Crippen LogP) is 4.48. The van der Waals surface area contributed by atoms with Crippen molar-refractivity contribution in [1.82, 2.24) is 10.3 Å². The Balaban J connectivity index is 1.71. The van der Waals surface area contributed by atoms with E-state index >= 15 is 0 Å². The molecule has 1 atom stereocenters. The zero-order chi connectivity index (χ0) is 28.2. The molecule has 0 spiro atoms. The summed E-state index contributed by atoms with van der Waals surface area (Å²) < 4.78 is 0. The lowest BCUT2D eigenvalue weighted by Crippen LogP contribution is -2.50. The normalized spacial score (nSPS) is 15.1. The van der Waals surface area contributed by atoms with Crippen LogP contribution in [0.15, 0.2) is 77.9 Å². The van der Waals surface area contributed by atoms with Crippen molar-refractivity contribution < 1.29 is 14.4 Å². The summed E-state index contributed by atoms with van der Waals surface area (Å²) in [5.74, 6) is -0.632. The van der Waals surface area contributed by atoms with Crippen molar-refractivity contribution in [1.29, 1.82) is 0 Å². The second-order valence-corrected chi connectivity index (χ2v) is 10.4. The Bertz CT molecular complexity index is 1400. The van der Waals surface area contributed by atoms with Crippen molar-refractivity contribution in [2.75, 3.05) is 35.3 Å². The fourth-order valence-electron chi connectivity index (χ4n) is 4.07. The van der Waals surface area contributed by atoms with Crippen molar-refractivity contribution in [2.45, 2.75) is 33.9 Å². The number of hydrogen-bond donors (Lipinski definition) is 2. The standard InChI is InChI=1S/C30H34N6O3/c1-6-35(5)21-13-11-12-20(18-21)32-29(39)34-27-28(38)36(19-25(37)30(2,3)4)24-16-8-7-14-22(24)26(33-27)23-15-9-10-17-31-23/h7-18,27H,6,19H2,1-5H3,(H2,32,34,39)/t27-/m0/s1. The quantitative estimate of drug-likeness (QED) is 0.472. The number of hydrogen-bond acceptors (Lipinski definition) is 6. The summed E-state index contributed by atoms with van der Waals surface area (Å²) in [7, 11) is 1.96. The molecule has 202 valence electrons. The maximum Gasteiger partial charge on any atom is 0.321 e. The van der Waals surface area contributed by atoms with Crippen LogP contribution in [0.1, 0.15) is 39.0 Å². The third-order valence-corrected chi connectivity index (χ3v) is 6.54. The molecule has 1 aliphatic rings. The molecule has 0 fully saturated rings. The SMILES string of the molecule is CCN(C)c1cccc(NC(=O)N[C@@H]2N=C(c3ccccn3)c3ccccc3N(CC(=O)C(C)(C)C)C2=O)c1. The maximum absolute atomic E-state index is 13.9. The summed E-state index contributed by atoms with van der Waals surface area (Å²) >= 11 is 0. The molecule has 39 heavy (non-hydrogen) atoms. The van der Waals surface area contributed by atoms with Crippen LogP contribution in [0.3, 0.4) is 0 Å². The number of urea groups is 1. The fourth-order valence-corrected chi connectivity index (χ4v) is 4.07. The van der Waals surface area contributed by atoms with E-state index in [9.17, 15) is 14.4 Å². The molecule has 2 aromatic carbocycles. The summed E-state index contributed by atoms with van der Waals surface area (Å²) in [4.78, 5) is 52.7. The lowest BCUT2D eigenvalue weighted by molar-refractivity contribution is -0.127. The molecule has 0 saturated heterocycles. The number of benzene rings is 2. The number of pyridine rings is 1. The molecule has 9 nitrogen and oxygen atoms in total. The van der Waals surface area contributed by atoms with Crippen molar-refractivity contribution in [3.05, 3.63) is 84.2 Å². The number of rotatable bonds is 7. The Morgan fingerprint density at radius 2 is 1.77 bits per heavy atom. The molecule has 2 N–H and O–H groups in total. The van der Waals surface area contributed by atoms with Crippen LogP contribution in [-0.2, 0) is 9.59 Å². The minimum atomic E-state index is -1.29. The zero-order valence-corrected chi connectivity index (χ0v) is 22.9. The molecule has 1 aliphatic heterocycles. The number of fused-ring (bicyclic) bond motifs is 1. The lowest BCUT2D eigenvalue weighted by atomic mass is 9.90. The molecule has 9 heteroatoms. The van der Waals surface area contributed by atoms with E-state index in [1.165, 1.54) is 4.90 Å². The number of carbonyl (C=O) groups is 3. The summed E-state index contributed by atoms with van der Waals surface area (Å²) in [6.07, 6.45) is 0.354. The van der Waals surface area contributed by atoms with Gasteiger partial charge in [-0.3, -0.25) is 14.6 Å². The number of para-hydroxylation sites is 1. The molecular weight excluding hydrogens is 492 g/mol. The third kappa shape index (κ3) is 6.31. The van der Waals surface area contributed by atoms with Gasteiger partial charge in [-0.2, -0.15) is 0 Å². The average molecular weight is 527 g/mol. The largest absolute Gasteiger partial charge is 0.375 e. The Morgan fingerprint density at radius 3 is 2.46 bits per heavy atom. The molecule has 0 bridgehead atoms. The van der Waals surface area contributed by atoms with Gasteiger partial charge in [0.05, 0.1) is 23.6 Å². The average Bonchev–Trinajstić information content (AvgIpc) is 3.03. The molecule has 0 saturated carbocycles. The first-order valence-electron chi connectivity index (χ1n) is 12.9. The second kappa shape index (κ2) is 11.5. The highest BCUT2D eigenvalue weighted by molar-refractivity contribution is 6.20. The predicted molar refractivity (Wildman–Crippen MR) is 154 cm³/mol. The van der Waals surface area contributed by atoms with E-state index < -0.39 is 23.5 Å². The Kier molecular flexibility index (Phi) is 8.09. The highest BCUT2D eigenvalue weighted by atomic mass is 16.2. The van der Waals surface area contributed by atoms with Gasteiger partial charge in [-0.15, -0.1) is 0 Å². The molecule has 2 heterocycles. The third-order valence-electron chi connectivity index (χ3n) is 6.54. The number of aliphatic imine (C=N–C) groups is 1. The lowest BCUT2D eigenvalue weighted by Gasteiger charge is -2.28. The molecule has 3 amide bonds. The van der Waals surface area contributed by atoms with Crippen molar-refractivity contribution in [3.8, 4) is 0 Å². The van der Waals surface area contributed by atoms with Crippen LogP contribution in [0.4, 0.5) is 21.9 Å². The van der Waals surface area contributed by atoms with Gasteiger partial charge in [0.25, 0.3) is 5.91 Å². The topological polar surface area (TPSA) is 107 Å². The summed E-state index contributed by atoms with van der Waals surface area (Å²) in [5, 5.41) is 5.52. The number of amides is 3. The number of aromatic nitrogens is 1. The molecule has 0 radical (unpaired) electrons. The molecule has 4 rings (SSSR count). The fraction of sp³-hybridized carbons (Fsp3) is 0.300. The number of Topliss-reactive ketones (excluding diaryl/α,β-unsaturated/α-hetero) is 1. The van der Waals surface area contributed by atoms with Gasteiger partial charge in [0.15, 0.2) is 5.78 Å². The van der Waals surface area contributed by atoms with Crippen LogP contribution in [-0.4, -0.2) is 54.7 Å². The first-order valence-corrected chi connectivity index (χ1v) is 12.9. The number of ketones is 1. The van der Waals surface area contributed by atoms with E-state index in [1.54, 1.807) is 36.5 Å².